The van der Waals surface area contributed by atoms with Gasteiger partial charge in [-0.3, -0.25) is 4.90 Å². The van der Waals surface area contributed by atoms with Gasteiger partial charge < -0.3 is 14.8 Å². The molecule has 0 saturated carbocycles. The molecule has 1 aliphatic rings. The summed E-state index contributed by atoms with van der Waals surface area (Å²) < 4.78 is 12.9. The summed E-state index contributed by atoms with van der Waals surface area (Å²) in [5, 5.41) is 3.51. The topological polar surface area (TPSA) is 33.7 Å². The maximum absolute atomic E-state index is 5.60. The van der Waals surface area contributed by atoms with E-state index in [1.54, 1.807) is 0 Å². The van der Waals surface area contributed by atoms with Crippen LogP contribution in [0.25, 0.3) is 0 Å². The van der Waals surface area contributed by atoms with E-state index in [0.29, 0.717) is 6.61 Å². The van der Waals surface area contributed by atoms with Crippen molar-refractivity contribution >= 4 is 31.9 Å². The Morgan fingerprint density at radius 3 is 2.55 bits per heavy atom. The molecule has 0 unspecified atom stereocenters. The van der Waals surface area contributed by atoms with E-state index in [-0.39, 0.29) is 0 Å². The van der Waals surface area contributed by atoms with Gasteiger partial charge in [-0.05, 0) is 76.0 Å². The number of nitrogens with zero attached hydrogens (tertiary/aromatic N) is 1. The summed E-state index contributed by atoms with van der Waals surface area (Å²) in [5.74, 6) is 0.874. The van der Waals surface area contributed by atoms with Gasteiger partial charge in [0.25, 0.3) is 0 Å². The van der Waals surface area contributed by atoms with E-state index >= 15 is 0 Å². The van der Waals surface area contributed by atoms with Crippen LogP contribution in [0.2, 0.25) is 0 Å². The van der Waals surface area contributed by atoms with Crippen molar-refractivity contribution in [2.45, 2.75) is 19.9 Å². The largest absolute Gasteiger partial charge is 0.492 e. The van der Waals surface area contributed by atoms with Gasteiger partial charge in [-0.1, -0.05) is 0 Å². The molecule has 1 saturated heterocycles. The van der Waals surface area contributed by atoms with Crippen molar-refractivity contribution in [3.05, 3.63) is 26.6 Å². The van der Waals surface area contributed by atoms with Crippen LogP contribution in [-0.2, 0) is 11.3 Å². The zero-order valence-corrected chi connectivity index (χ0v) is 16.2. The quantitative estimate of drug-likeness (QED) is 0.634. The van der Waals surface area contributed by atoms with Gasteiger partial charge >= 0.3 is 0 Å². The lowest BCUT2D eigenvalue weighted by Gasteiger charge is -2.26. The van der Waals surface area contributed by atoms with Crippen LogP contribution >= 0.6 is 31.9 Å². The highest BCUT2D eigenvalue weighted by atomic mass is 79.9. The highest BCUT2D eigenvalue weighted by Crippen LogP contribution is 2.34. The number of ether oxygens (including phenoxy) is 2. The van der Waals surface area contributed by atoms with Gasteiger partial charge in [-0.15, -0.1) is 0 Å². The van der Waals surface area contributed by atoms with Crippen LogP contribution in [-0.4, -0.2) is 50.9 Å². The first-order valence-corrected chi connectivity index (χ1v) is 9.41. The van der Waals surface area contributed by atoms with E-state index in [2.05, 4.69) is 54.2 Å². The number of morpholine rings is 1. The highest BCUT2D eigenvalue weighted by Gasteiger charge is 2.10. The van der Waals surface area contributed by atoms with E-state index in [4.69, 9.17) is 9.47 Å². The molecule has 0 amide bonds. The zero-order chi connectivity index (χ0) is 15.8. The maximum Gasteiger partial charge on any atom is 0.147 e. The van der Waals surface area contributed by atoms with Crippen molar-refractivity contribution < 1.29 is 9.47 Å². The molecule has 4 nitrogen and oxygen atoms in total. The molecule has 2 rings (SSSR count). The van der Waals surface area contributed by atoms with Crippen LogP contribution in [0.15, 0.2) is 21.1 Å². The minimum absolute atomic E-state index is 0.663. The summed E-state index contributed by atoms with van der Waals surface area (Å²) in [6.45, 7) is 9.58. The molecule has 1 aromatic rings. The van der Waals surface area contributed by atoms with E-state index in [0.717, 1.165) is 60.6 Å². The Hall–Kier alpha value is -0.140. The Kier molecular flexibility index (Phi) is 8.17. The first-order chi connectivity index (χ1) is 10.7. The fourth-order valence-corrected chi connectivity index (χ4v) is 3.99. The van der Waals surface area contributed by atoms with Crippen LogP contribution in [0.1, 0.15) is 18.9 Å². The predicted octanol–water partition coefficient (Wildman–Crippen LogP) is 3.42. The molecule has 1 aromatic carbocycles. The van der Waals surface area contributed by atoms with Crippen LogP contribution < -0.4 is 10.1 Å². The molecule has 0 aliphatic carbocycles. The predicted molar refractivity (Wildman–Crippen MR) is 96.6 cm³/mol. The number of benzene rings is 1. The Morgan fingerprint density at radius 2 is 1.91 bits per heavy atom. The molecule has 0 radical (unpaired) electrons. The summed E-state index contributed by atoms with van der Waals surface area (Å²) in [6.07, 6.45) is 1.17. The molecule has 0 aromatic heterocycles. The molecule has 0 spiro atoms. The Balaban J connectivity index is 1.70. The summed E-state index contributed by atoms with van der Waals surface area (Å²) in [5.41, 5.74) is 1.24. The zero-order valence-electron chi connectivity index (χ0n) is 13.0. The Labute approximate surface area is 149 Å². The fourth-order valence-electron chi connectivity index (χ4n) is 2.48. The first kappa shape index (κ1) is 18.2. The average Bonchev–Trinajstić information content (AvgIpc) is 2.52. The third-order valence-corrected chi connectivity index (χ3v) is 4.79. The van der Waals surface area contributed by atoms with Crippen LogP contribution in [0.4, 0.5) is 0 Å². The smallest absolute Gasteiger partial charge is 0.147 e. The molecule has 0 bridgehead atoms. The Bertz CT molecular complexity index is 442. The standard InChI is InChI=1S/C16H24Br2N2O2/c1-2-22-16-14(17)10-13(11-15(16)18)12-19-4-3-5-20-6-8-21-9-7-20/h10-11,19H,2-9,12H2,1H3. The third-order valence-electron chi connectivity index (χ3n) is 3.61. The number of hydrogen-bond acceptors (Lipinski definition) is 4. The maximum atomic E-state index is 5.60. The van der Waals surface area contributed by atoms with Gasteiger partial charge in [-0.2, -0.15) is 0 Å². The second kappa shape index (κ2) is 9.88. The summed E-state index contributed by atoms with van der Waals surface area (Å²) >= 11 is 7.14. The molecule has 1 fully saturated rings. The van der Waals surface area contributed by atoms with Gasteiger partial charge in [0, 0.05) is 19.6 Å². The monoisotopic (exact) mass is 434 g/mol. The lowest BCUT2D eigenvalue weighted by molar-refractivity contribution is 0.0374. The number of rotatable bonds is 8. The van der Waals surface area contributed by atoms with E-state index < -0.39 is 0 Å². The van der Waals surface area contributed by atoms with Crippen molar-refractivity contribution in [3.63, 3.8) is 0 Å². The molecule has 1 aliphatic heterocycles. The second-order valence-corrected chi connectivity index (χ2v) is 7.01. The first-order valence-electron chi connectivity index (χ1n) is 7.82. The molecule has 124 valence electrons. The number of halogens is 2. The SMILES string of the molecule is CCOc1c(Br)cc(CNCCCN2CCOCC2)cc1Br. The van der Waals surface area contributed by atoms with Crippen molar-refractivity contribution in [1.82, 2.24) is 10.2 Å². The van der Waals surface area contributed by atoms with Crippen LogP contribution in [0.3, 0.4) is 0 Å². The molecule has 1 heterocycles. The van der Waals surface area contributed by atoms with E-state index in [1.807, 2.05) is 6.92 Å². The molecular weight excluding hydrogens is 412 g/mol. The minimum Gasteiger partial charge on any atom is -0.492 e. The van der Waals surface area contributed by atoms with Gasteiger partial charge in [0.15, 0.2) is 0 Å². The summed E-state index contributed by atoms with van der Waals surface area (Å²) in [4.78, 5) is 2.47. The van der Waals surface area contributed by atoms with Crippen molar-refractivity contribution in [2.75, 3.05) is 46.0 Å². The summed E-state index contributed by atoms with van der Waals surface area (Å²) in [6, 6.07) is 4.23. The summed E-state index contributed by atoms with van der Waals surface area (Å²) in [7, 11) is 0. The van der Waals surface area contributed by atoms with E-state index in [9.17, 15) is 0 Å². The third kappa shape index (κ3) is 5.81. The lowest BCUT2D eigenvalue weighted by atomic mass is 10.2. The normalized spacial score (nSPS) is 16.0. The number of nitrogens with one attached hydrogen (secondary N) is 1. The lowest BCUT2D eigenvalue weighted by Crippen LogP contribution is -2.37. The van der Waals surface area contributed by atoms with Gasteiger partial charge in [0.05, 0.1) is 28.8 Å². The van der Waals surface area contributed by atoms with Gasteiger partial charge in [0.2, 0.25) is 0 Å². The van der Waals surface area contributed by atoms with Gasteiger partial charge in [0.1, 0.15) is 5.75 Å². The van der Waals surface area contributed by atoms with Crippen molar-refractivity contribution in [3.8, 4) is 5.75 Å². The second-order valence-electron chi connectivity index (χ2n) is 5.31. The molecule has 1 N–H and O–H groups in total. The highest BCUT2D eigenvalue weighted by molar-refractivity contribution is 9.11. The van der Waals surface area contributed by atoms with E-state index in [1.165, 1.54) is 12.0 Å². The Morgan fingerprint density at radius 1 is 1.23 bits per heavy atom. The van der Waals surface area contributed by atoms with Crippen LogP contribution in [0.5, 0.6) is 5.75 Å². The molecule has 6 heteroatoms. The molecule has 0 atom stereocenters. The fraction of sp³-hybridized carbons (Fsp3) is 0.625. The minimum atomic E-state index is 0.663. The number of hydrogen-bond donors (Lipinski definition) is 1. The van der Waals surface area contributed by atoms with Crippen molar-refractivity contribution in [2.24, 2.45) is 0 Å². The molecule has 22 heavy (non-hydrogen) atoms. The average molecular weight is 436 g/mol. The molecular formula is C16H24Br2N2O2. The van der Waals surface area contributed by atoms with Crippen LogP contribution in [0, 0.1) is 0 Å². The van der Waals surface area contributed by atoms with Crippen molar-refractivity contribution in [1.29, 1.82) is 0 Å². The van der Waals surface area contributed by atoms with Gasteiger partial charge in [-0.25, -0.2) is 0 Å².